The Morgan fingerprint density at radius 3 is 2.83 bits per heavy atom. The van der Waals surface area contributed by atoms with Crippen molar-refractivity contribution in [3.8, 4) is 0 Å². The fraction of sp³-hybridized carbons (Fsp3) is 0.250. The van der Waals surface area contributed by atoms with Crippen LogP contribution in [0.2, 0.25) is 0 Å². The van der Waals surface area contributed by atoms with Gasteiger partial charge in [-0.25, -0.2) is 4.98 Å². The van der Waals surface area contributed by atoms with Gasteiger partial charge in [-0.1, -0.05) is 17.4 Å². The van der Waals surface area contributed by atoms with Crippen molar-refractivity contribution in [2.24, 2.45) is 0 Å². The molecule has 0 saturated heterocycles. The fourth-order valence-electron chi connectivity index (χ4n) is 2.44. The predicted molar refractivity (Wildman–Crippen MR) is 95.6 cm³/mol. The summed E-state index contributed by atoms with van der Waals surface area (Å²) in [4.78, 5) is 20.3. The van der Waals surface area contributed by atoms with Crippen LogP contribution >= 0.6 is 22.7 Å². The van der Waals surface area contributed by atoms with E-state index in [1.54, 1.807) is 23.0 Å². The number of rotatable bonds is 6. The molecule has 1 aliphatic rings. The molecule has 0 spiro atoms. The normalized spacial score (nSPS) is 13.7. The molecule has 0 aliphatic heterocycles. The molecule has 1 amide bonds. The Hall–Kier alpha value is -2.32. The number of anilines is 2. The molecule has 4 rings (SSSR count). The molecule has 122 valence electrons. The van der Waals surface area contributed by atoms with Crippen LogP contribution < -0.4 is 10.2 Å². The highest BCUT2D eigenvalue weighted by molar-refractivity contribution is 7.13. The molecule has 0 bridgehead atoms. The van der Waals surface area contributed by atoms with E-state index in [1.807, 2.05) is 12.1 Å². The van der Waals surface area contributed by atoms with E-state index in [4.69, 9.17) is 0 Å². The van der Waals surface area contributed by atoms with Crippen molar-refractivity contribution in [2.45, 2.75) is 25.4 Å². The first kappa shape index (κ1) is 15.2. The van der Waals surface area contributed by atoms with Crippen molar-refractivity contribution in [1.82, 2.24) is 15.2 Å². The van der Waals surface area contributed by atoms with Crippen LogP contribution in [0.1, 0.15) is 28.1 Å². The number of aromatic nitrogens is 3. The van der Waals surface area contributed by atoms with Gasteiger partial charge in [0.1, 0.15) is 11.3 Å². The summed E-state index contributed by atoms with van der Waals surface area (Å²) in [5.41, 5.74) is 2.09. The summed E-state index contributed by atoms with van der Waals surface area (Å²) < 4.78 is 0. The molecule has 3 aromatic heterocycles. The molecule has 1 fully saturated rings. The van der Waals surface area contributed by atoms with Gasteiger partial charge in [0.25, 0.3) is 5.91 Å². The Morgan fingerprint density at radius 1 is 1.29 bits per heavy atom. The topological polar surface area (TPSA) is 71.0 Å². The monoisotopic (exact) mass is 357 g/mol. The van der Waals surface area contributed by atoms with E-state index in [0.29, 0.717) is 16.7 Å². The summed E-state index contributed by atoms with van der Waals surface area (Å²) in [7, 11) is 0. The number of nitrogens with zero attached hydrogens (tertiary/aromatic N) is 4. The minimum absolute atomic E-state index is 0.220. The number of hydrogen-bond acceptors (Lipinski definition) is 7. The Morgan fingerprint density at radius 2 is 2.21 bits per heavy atom. The first-order valence-corrected chi connectivity index (χ1v) is 9.38. The van der Waals surface area contributed by atoms with Crippen LogP contribution in [0, 0.1) is 0 Å². The van der Waals surface area contributed by atoms with Crippen molar-refractivity contribution in [2.75, 3.05) is 10.2 Å². The number of nitrogens with one attached hydrogen (secondary N) is 1. The van der Waals surface area contributed by atoms with E-state index in [2.05, 4.69) is 42.9 Å². The van der Waals surface area contributed by atoms with Gasteiger partial charge in [-0.3, -0.25) is 10.1 Å². The molecule has 3 aromatic rings. The Labute approximate surface area is 147 Å². The van der Waals surface area contributed by atoms with E-state index in [1.165, 1.54) is 29.1 Å². The highest BCUT2D eigenvalue weighted by Gasteiger charge is 2.30. The average molecular weight is 357 g/mol. The lowest BCUT2D eigenvalue weighted by Crippen LogP contribution is -2.25. The molecule has 0 unspecified atom stereocenters. The lowest BCUT2D eigenvalue weighted by molar-refractivity contribution is 0.102. The molecule has 0 aromatic carbocycles. The van der Waals surface area contributed by atoms with Gasteiger partial charge in [-0.2, -0.15) is 0 Å². The van der Waals surface area contributed by atoms with Crippen molar-refractivity contribution >= 4 is 39.5 Å². The fourth-order valence-corrected chi connectivity index (χ4v) is 3.58. The van der Waals surface area contributed by atoms with Gasteiger partial charge in [-0.05, 0) is 36.4 Å². The lowest BCUT2D eigenvalue weighted by atomic mass is 10.2. The van der Waals surface area contributed by atoms with Crippen molar-refractivity contribution < 1.29 is 4.79 Å². The summed E-state index contributed by atoms with van der Waals surface area (Å²) in [5, 5.41) is 12.8. The third-order valence-corrected chi connectivity index (χ3v) is 5.25. The van der Waals surface area contributed by atoms with Gasteiger partial charge in [-0.15, -0.1) is 21.5 Å². The largest absolute Gasteiger partial charge is 0.348 e. The predicted octanol–water partition coefficient (Wildman–Crippen LogP) is 3.42. The van der Waals surface area contributed by atoms with Crippen LogP contribution in [0.4, 0.5) is 10.9 Å². The summed E-state index contributed by atoms with van der Waals surface area (Å²) in [6.07, 6.45) is 4.02. The van der Waals surface area contributed by atoms with E-state index in [9.17, 15) is 4.79 Å². The maximum absolute atomic E-state index is 12.2. The number of pyridine rings is 1. The minimum atomic E-state index is -0.220. The van der Waals surface area contributed by atoms with Gasteiger partial charge < -0.3 is 4.90 Å². The maximum atomic E-state index is 12.2. The zero-order valence-corrected chi connectivity index (χ0v) is 14.4. The lowest BCUT2D eigenvalue weighted by Gasteiger charge is -2.23. The molecule has 1 N–H and O–H groups in total. The molecule has 1 saturated carbocycles. The van der Waals surface area contributed by atoms with Crippen LogP contribution in [0.25, 0.3) is 0 Å². The number of hydrogen-bond donors (Lipinski definition) is 1. The molecule has 8 heteroatoms. The molecule has 0 radical (unpaired) electrons. The zero-order chi connectivity index (χ0) is 16.4. The number of carbonyl (C=O) groups excluding carboxylic acids is 1. The first-order valence-electron chi connectivity index (χ1n) is 7.62. The Kier molecular flexibility index (Phi) is 4.22. The van der Waals surface area contributed by atoms with Crippen LogP contribution in [0.3, 0.4) is 0 Å². The van der Waals surface area contributed by atoms with Crippen molar-refractivity contribution in [1.29, 1.82) is 0 Å². The quantitative estimate of drug-likeness (QED) is 0.732. The summed E-state index contributed by atoms with van der Waals surface area (Å²) in [6, 6.07) is 8.49. The molecule has 3 heterocycles. The molecular weight excluding hydrogens is 342 g/mol. The van der Waals surface area contributed by atoms with Crippen LogP contribution in [0.5, 0.6) is 0 Å². The number of amides is 1. The second-order valence-electron chi connectivity index (χ2n) is 5.54. The summed E-state index contributed by atoms with van der Waals surface area (Å²) >= 11 is 3.04. The van der Waals surface area contributed by atoms with E-state index < -0.39 is 0 Å². The standard InChI is InChI=1S/C16H15N5OS2/c22-15(19-16-20-18-10-24-16)11-3-6-14(17-8-11)21(12-4-5-12)9-13-2-1-7-23-13/h1-3,6-8,10,12H,4-5,9H2,(H,19,20,22). The second-order valence-corrected chi connectivity index (χ2v) is 7.41. The van der Waals surface area contributed by atoms with E-state index in [-0.39, 0.29) is 5.91 Å². The Bertz CT molecular complexity index is 798. The summed E-state index contributed by atoms with van der Waals surface area (Å²) in [5.74, 6) is 0.695. The van der Waals surface area contributed by atoms with E-state index >= 15 is 0 Å². The van der Waals surface area contributed by atoms with Crippen LogP contribution in [-0.4, -0.2) is 27.1 Å². The zero-order valence-electron chi connectivity index (χ0n) is 12.8. The average Bonchev–Trinajstić information content (AvgIpc) is 3.08. The maximum Gasteiger partial charge on any atom is 0.259 e. The van der Waals surface area contributed by atoms with Gasteiger partial charge in [0.2, 0.25) is 5.13 Å². The minimum Gasteiger partial charge on any atom is -0.348 e. The van der Waals surface area contributed by atoms with Gasteiger partial charge in [0.05, 0.1) is 12.1 Å². The third kappa shape index (κ3) is 3.44. The first-order chi connectivity index (χ1) is 11.8. The molecular formula is C16H15N5OS2. The highest BCUT2D eigenvalue weighted by atomic mass is 32.1. The summed E-state index contributed by atoms with van der Waals surface area (Å²) in [6.45, 7) is 0.867. The second kappa shape index (κ2) is 6.66. The molecule has 1 aliphatic carbocycles. The van der Waals surface area contributed by atoms with Crippen LogP contribution in [0.15, 0.2) is 41.4 Å². The highest BCUT2D eigenvalue weighted by Crippen LogP contribution is 2.32. The molecule has 0 atom stereocenters. The Balaban J connectivity index is 1.48. The van der Waals surface area contributed by atoms with E-state index in [0.717, 1.165) is 12.4 Å². The molecule has 24 heavy (non-hydrogen) atoms. The number of thiophene rings is 1. The van der Waals surface area contributed by atoms with Gasteiger partial charge in [0, 0.05) is 17.1 Å². The number of carbonyl (C=O) groups is 1. The van der Waals surface area contributed by atoms with Gasteiger partial charge >= 0.3 is 0 Å². The third-order valence-electron chi connectivity index (χ3n) is 3.78. The van der Waals surface area contributed by atoms with Crippen LogP contribution in [-0.2, 0) is 6.54 Å². The van der Waals surface area contributed by atoms with Gasteiger partial charge in [0.15, 0.2) is 0 Å². The van der Waals surface area contributed by atoms with Crippen molar-refractivity contribution in [3.05, 3.63) is 51.8 Å². The van der Waals surface area contributed by atoms with Crippen molar-refractivity contribution in [3.63, 3.8) is 0 Å². The smallest absolute Gasteiger partial charge is 0.259 e. The molecule has 6 nitrogen and oxygen atoms in total. The SMILES string of the molecule is O=C(Nc1nncs1)c1ccc(N(Cc2cccs2)C2CC2)nc1.